The number of benzene rings is 4. The Labute approximate surface area is 279 Å². The Morgan fingerprint density at radius 3 is 1.33 bits per heavy atom. The molecule has 45 heavy (non-hydrogen) atoms. The van der Waals surface area contributed by atoms with Gasteiger partial charge >= 0.3 is 0 Å². The monoisotopic (exact) mass is 684 g/mol. The zero-order valence-corrected chi connectivity index (χ0v) is 29.3. The van der Waals surface area contributed by atoms with E-state index in [0.717, 1.165) is 21.6 Å². The highest BCUT2D eigenvalue weighted by Gasteiger charge is 2.21. The summed E-state index contributed by atoms with van der Waals surface area (Å²) in [6.45, 7) is 9.80. The highest BCUT2D eigenvalue weighted by Crippen LogP contribution is 2.20. The topological polar surface area (TPSA) is 76.2 Å². The molecule has 0 heterocycles. The average Bonchev–Trinajstić information content (AvgIpc) is 3.04. The molecule has 0 amide bonds. The molecule has 7 nitrogen and oxygen atoms in total. The zero-order chi connectivity index (χ0) is 32.2. The van der Waals surface area contributed by atoms with Crippen molar-refractivity contribution in [1.82, 2.24) is 8.61 Å². The average molecular weight is 685 g/mol. The van der Waals surface area contributed by atoms with E-state index < -0.39 is 33.1 Å². The lowest BCUT2D eigenvalue weighted by Gasteiger charge is -2.26. The van der Waals surface area contributed by atoms with Gasteiger partial charge in [-0.1, -0.05) is 70.8 Å². The van der Waals surface area contributed by atoms with Crippen LogP contribution in [0.1, 0.15) is 22.3 Å². The van der Waals surface area contributed by atoms with Gasteiger partial charge in [-0.05, 0) is 76.2 Å². The maximum absolute atomic E-state index is 13.8. The van der Waals surface area contributed by atoms with Crippen molar-refractivity contribution in [3.8, 4) is 0 Å². The van der Waals surface area contributed by atoms with E-state index in [0.29, 0.717) is 40.9 Å². The minimum Gasteiger partial charge on any atom is -0.309 e. The molecule has 3 unspecified atom stereocenters. The molecule has 11 heteroatoms. The van der Waals surface area contributed by atoms with Crippen LogP contribution >= 0.6 is 12.0 Å². The van der Waals surface area contributed by atoms with E-state index in [1.165, 1.54) is 17.6 Å². The van der Waals surface area contributed by atoms with Gasteiger partial charge in [0, 0.05) is 43.1 Å². The summed E-state index contributed by atoms with van der Waals surface area (Å²) in [5.41, 5.74) is 4.41. The van der Waals surface area contributed by atoms with Crippen molar-refractivity contribution in [2.45, 2.75) is 47.3 Å². The summed E-state index contributed by atoms with van der Waals surface area (Å²) in [6.07, 6.45) is 0. The zero-order valence-electron chi connectivity index (χ0n) is 26.0. The maximum Gasteiger partial charge on any atom is 0.189 e. The summed E-state index contributed by atoms with van der Waals surface area (Å²) in [5.74, 6) is 0. The highest BCUT2D eigenvalue weighted by molar-refractivity contribution is 7.94. The predicted octanol–water partition coefficient (Wildman–Crippen LogP) is 6.73. The van der Waals surface area contributed by atoms with Gasteiger partial charge in [-0.25, -0.2) is 21.2 Å². The normalized spacial score (nSPS) is 13.6. The van der Waals surface area contributed by atoms with Crippen molar-refractivity contribution in [3.63, 3.8) is 0 Å². The molecule has 3 atom stereocenters. The van der Waals surface area contributed by atoms with E-state index in [4.69, 9.17) is 8.37 Å². The van der Waals surface area contributed by atoms with Crippen LogP contribution in [0, 0.1) is 27.7 Å². The molecule has 0 aromatic heterocycles. The number of aryl methyl sites for hydroxylation is 4. The smallest absolute Gasteiger partial charge is 0.189 e. The Morgan fingerprint density at radius 2 is 0.889 bits per heavy atom. The number of rotatable bonds is 17. The Bertz CT molecular complexity index is 1560. The Hall–Kier alpha value is -2.48. The second-order valence-corrected chi connectivity index (χ2v) is 15.6. The van der Waals surface area contributed by atoms with E-state index in [-0.39, 0.29) is 13.2 Å². The SMILES string of the molecule is Cc1ccc(SOCCN(CCN(CCOS(=O)c2ccc(C)cc2)S(=O)c2ccc(C)cc2)S(=O)c2ccc(C)cc2)cc1. The first-order valence-electron chi connectivity index (χ1n) is 14.6. The molecule has 4 aromatic carbocycles. The highest BCUT2D eigenvalue weighted by atomic mass is 32.2. The van der Waals surface area contributed by atoms with Gasteiger partial charge in [0.2, 0.25) is 0 Å². The third-order valence-corrected chi connectivity index (χ3v) is 11.7. The number of hydrogen-bond donors (Lipinski definition) is 0. The van der Waals surface area contributed by atoms with E-state index in [1.54, 1.807) is 16.4 Å². The standard InChI is InChI=1S/C34H40N2O5S4/c1-27-5-13-31(14-6-27)42-40-25-23-35(43(37)32-15-7-28(2)8-16-32)21-22-36(44(38)33-17-9-29(3)10-18-33)24-26-41-45(39)34-19-11-30(4)12-20-34/h5-20H,21-26H2,1-4H3. The van der Waals surface area contributed by atoms with Gasteiger partial charge in [-0.15, -0.1) is 0 Å². The van der Waals surface area contributed by atoms with Gasteiger partial charge in [0.15, 0.2) is 11.1 Å². The fraction of sp³-hybridized carbons (Fsp3) is 0.294. The van der Waals surface area contributed by atoms with Crippen molar-refractivity contribution in [3.05, 3.63) is 119 Å². The molecule has 0 fully saturated rings. The molecule has 240 valence electrons. The minimum absolute atomic E-state index is 0.107. The third kappa shape index (κ3) is 11.4. The number of nitrogens with zero attached hydrogens (tertiary/aromatic N) is 2. The Morgan fingerprint density at radius 1 is 0.511 bits per heavy atom. The summed E-state index contributed by atoms with van der Waals surface area (Å²) >= 11 is -0.351. The molecule has 0 radical (unpaired) electrons. The van der Waals surface area contributed by atoms with Gasteiger partial charge in [0.25, 0.3) is 0 Å². The summed E-state index contributed by atoms with van der Waals surface area (Å²) in [4.78, 5) is 2.92. The van der Waals surface area contributed by atoms with Crippen LogP contribution in [0.25, 0.3) is 0 Å². The first-order valence-corrected chi connectivity index (χ1v) is 18.7. The van der Waals surface area contributed by atoms with Crippen LogP contribution in [-0.4, -0.2) is 60.6 Å². The second-order valence-electron chi connectivity index (χ2n) is 10.6. The number of hydrogen-bond acceptors (Lipinski definition) is 6. The van der Waals surface area contributed by atoms with Crippen LogP contribution in [-0.2, 0) is 41.4 Å². The van der Waals surface area contributed by atoms with Crippen LogP contribution in [0.5, 0.6) is 0 Å². The summed E-state index contributed by atoms with van der Waals surface area (Å²) in [5, 5.41) is 0. The second kappa shape index (κ2) is 18.0. The van der Waals surface area contributed by atoms with Crippen LogP contribution in [0.2, 0.25) is 0 Å². The van der Waals surface area contributed by atoms with Gasteiger partial charge in [0.1, 0.15) is 22.0 Å². The van der Waals surface area contributed by atoms with E-state index in [9.17, 15) is 12.6 Å². The first kappa shape index (κ1) is 35.4. The summed E-state index contributed by atoms with van der Waals surface area (Å²) < 4.78 is 55.4. The van der Waals surface area contributed by atoms with Crippen molar-refractivity contribution in [2.24, 2.45) is 0 Å². The van der Waals surface area contributed by atoms with Crippen LogP contribution in [0.3, 0.4) is 0 Å². The lowest BCUT2D eigenvalue weighted by Crippen LogP contribution is -2.39. The van der Waals surface area contributed by atoms with Crippen LogP contribution < -0.4 is 0 Å². The Kier molecular flexibility index (Phi) is 14.2. The van der Waals surface area contributed by atoms with Gasteiger partial charge < -0.3 is 4.18 Å². The predicted molar refractivity (Wildman–Crippen MR) is 185 cm³/mol. The lowest BCUT2D eigenvalue weighted by molar-refractivity contribution is 0.274. The van der Waals surface area contributed by atoms with Crippen molar-refractivity contribution >= 4 is 45.1 Å². The largest absolute Gasteiger partial charge is 0.309 e. The molecular weight excluding hydrogens is 645 g/mol. The van der Waals surface area contributed by atoms with Crippen LogP contribution in [0.4, 0.5) is 0 Å². The van der Waals surface area contributed by atoms with E-state index >= 15 is 0 Å². The fourth-order valence-corrected chi connectivity index (χ4v) is 7.73. The quantitative estimate of drug-likeness (QED) is 0.0907. The maximum atomic E-state index is 13.8. The molecule has 0 spiro atoms. The van der Waals surface area contributed by atoms with Gasteiger partial charge in [-0.2, -0.15) is 0 Å². The molecular formula is C34H40N2O5S4. The van der Waals surface area contributed by atoms with Crippen molar-refractivity contribution in [1.29, 1.82) is 0 Å². The molecule has 0 bridgehead atoms. The third-order valence-electron chi connectivity index (χ3n) is 6.86. The molecule has 0 aliphatic rings. The van der Waals surface area contributed by atoms with E-state index in [1.807, 2.05) is 117 Å². The lowest BCUT2D eigenvalue weighted by atomic mass is 10.2. The molecule has 4 rings (SSSR count). The van der Waals surface area contributed by atoms with Crippen molar-refractivity contribution < 1.29 is 21.0 Å². The summed E-state index contributed by atoms with van der Waals surface area (Å²) in [6, 6.07) is 30.6. The molecule has 0 N–H and O–H groups in total. The fourth-order valence-electron chi connectivity index (χ4n) is 4.16. The first-order chi connectivity index (χ1) is 21.7. The van der Waals surface area contributed by atoms with Gasteiger partial charge in [0.05, 0.1) is 27.9 Å². The molecule has 0 aliphatic carbocycles. The van der Waals surface area contributed by atoms with E-state index in [2.05, 4.69) is 0 Å². The summed E-state index contributed by atoms with van der Waals surface area (Å²) in [7, 11) is -2.97. The minimum atomic E-state index is -1.64. The molecule has 0 aliphatic heterocycles. The van der Waals surface area contributed by atoms with Crippen molar-refractivity contribution in [2.75, 3.05) is 39.4 Å². The molecule has 0 saturated heterocycles. The molecule has 0 saturated carbocycles. The Balaban J connectivity index is 1.45. The van der Waals surface area contributed by atoms with Crippen LogP contribution in [0.15, 0.2) is 117 Å². The van der Waals surface area contributed by atoms with Gasteiger partial charge in [-0.3, -0.25) is 4.18 Å². The molecule has 4 aromatic rings.